The van der Waals surface area contributed by atoms with Crippen molar-refractivity contribution in [3.05, 3.63) is 50.7 Å². The number of aliphatic hydroxyl groups excluding tert-OH is 1. The molecule has 0 saturated carbocycles. The Balaban J connectivity index is 2.00. The second-order valence-corrected chi connectivity index (χ2v) is 6.10. The summed E-state index contributed by atoms with van der Waals surface area (Å²) in [7, 11) is 0. The van der Waals surface area contributed by atoms with E-state index < -0.39 is 6.10 Å². The van der Waals surface area contributed by atoms with Gasteiger partial charge in [-0.15, -0.1) is 11.3 Å². The molecule has 0 aliphatic heterocycles. The lowest BCUT2D eigenvalue weighted by atomic mass is 10.0. The lowest BCUT2D eigenvalue weighted by molar-refractivity contribution is 0.167. The summed E-state index contributed by atoms with van der Waals surface area (Å²) in [5, 5.41) is 11.2. The van der Waals surface area contributed by atoms with Crippen LogP contribution in [0, 0.1) is 26.6 Å². The van der Waals surface area contributed by atoms with Crippen molar-refractivity contribution in [2.24, 2.45) is 0 Å². The minimum absolute atomic E-state index is 0.234. The van der Waals surface area contributed by atoms with E-state index in [4.69, 9.17) is 0 Å². The van der Waals surface area contributed by atoms with Crippen LogP contribution in [0.3, 0.4) is 0 Å². The van der Waals surface area contributed by atoms with Gasteiger partial charge in [-0.25, -0.2) is 9.37 Å². The number of aliphatic hydroxyl groups is 1. The summed E-state index contributed by atoms with van der Waals surface area (Å²) in [6.07, 6.45) is 0.790. The Morgan fingerprint density at radius 1 is 1.32 bits per heavy atom. The summed E-state index contributed by atoms with van der Waals surface area (Å²) in [6, 6.07) is 4.76. The van der Waals surface area contributed by atoms with Crippen LogP contribution in [0.5, 0.6) is 0 Å². The Bertz CT molecular complexity index is 560. The first-order valence-corrected chi connectivity index (χ1v) is 7.16. The summed E-state index contributed by atoms with van der Waals surface area (Å²) < 4.78 is 13.2. The first-order chi connectivity index (χ1) is 8.97. The van der Waals surface area contributed by atoms with E-state index >= 15 is 0 Å². The molecule has 0 spiro atoms. The van der Waals surface area contributed by atoms with E-state index in [-0.39, 0.29) is 5.82 Å². The number of nitrogens with zero attached hydrogens (tertiary/aromatic N) is 1. The van der Waals surface area contributed by atoms with Crippen molar-refractivity contribution in [3.63, 3.8) is 0 Å². The van der Waals surface area contributed by atoms with Crippen LogP contribution < -0.4 is 0 Å². The van der Waals surface area contributed by atoms with Crippen LogP contribution in [0.25, 0.3) is 0 Å². The fraction of sp³-hybridized carbons (Fsp3) is 0.400. The lowest BCUT2D eigenvalue weighted by Gasteiger charge is -2.11. The molecule has 1 atom stereocenters. The quantitative estimate of drug-likeness (QED) is 0.921. The van der Waals surface area contributed by atoms with Gasteiger partial charge in [0.25, 0.3) is 0 Å². The van der Waals surface area contributed by atoms with Crippen LogP contribution in [-0.2, 0) is 6.42 Å². The van der Waals surface area contributed by atoms with Crippen LogP contribution in [0.2, 0.25) is 0 Å². The number of aryl methyl sites for hydroxylation is 4. The molecule has 0 aliphatic carbocycles. The Morgan fingerprint density at radius 3 is 2.63 bits per heavy atom. The van der Waals surface area contributed by atoms with Gasteiger partial charge < -0.3 is 5.11 Å². The lowest BCUT2D eigenvalue weighted by Crippen LogP contribution is -2.00. The Hall–Kier alpha value is -1.26. The van der Waals surface area contributed by atoms with E-state index in [9.17, 15) is 9.50 Å². The molecule has 1 unspecified atom stereocenters. The molecule has 0 bridgehead atoms. The van der Waals surface area contributed by atoms with E-state index in [1.807, 2.05) is 6.92 Å². The maximum absolute atomic E-state index is 13.2. The first kappa shape index (κ1) is 14.2. The molecule has 1 N–H and O–H groups in total. The predicted octanol–water partition coefficient (Wildman–Crippen LogP) is 3.87. The van der Waals surface area contributed by atoms with E-state index in [1.165, 1.54) is 10.9 Å². The zero-order chi connectivity index (χ0) is 14.0. The van der Waals surface area contributed by atoms with Gasteiger partial charge >= 0.3 is 0 Å². The molecule has 2 rings (SSSR count). The van der Waals surface area contributed by atoms with Gasteiger partial charge in [0.05, 0.1) is 16.8 Å². The molecule has 2 aromatic rings. The maximum atomic E-state index is 13.2. The SMILES string of the molecule is Cc1cc(C(O)CCc2nc(C)c(C)s2)ccc1F. The predicted molar refractivity (Wildman–Crippen MR) is 76.0 cm³/mol. The number of hydrogen-bond donors (Lipinski definition) is 1. The molecular weight excluding hydrogens is 261 g/mol. The molecule has 1 aromatic heterocycles. The second kappa shape index (κ2) is 5.80. The monoisotopic (exact) mass is 279 g/mol. The van der Waals surface area contributed by atoms with Gasteiger partial charge in [-0.2, -0.15) is 0 Å². The van der Waals surface area contributed by atoms with Gasteiger partial charge in [-0.3, -0.25) is 0 Å². The van der Waals surface area contributed by atoms with Gasteiger partial charge in [0, 0.05) is 11.3 Å². The van der Waals surface area contributed by atoms with Crippen molar-refractivity contribution < 1.29 is 9.50 Å². The minimum atomic E-state index is -0.566. The highest BCUT2D eigenvalue weighted by molar-refractivity contribution is 7.11. The average Bonchev–Trinajstić information content (AvgIpc) is 2.69. The summed E-state index contributed by atoms with van der Waals surface area (Å²) >= 11 is 1.67. The smallest absolute Gasteiger partial charge is 0.126 e. The highest BCUT2D eigenvalue weighted by Gasteiger charge is 2.11. The van der Waals surface area contributed by atoms with Gasteiger partial charge in [0.1, 0.15) is 5.82 Å². The third-order valence-corrected chi connectivity index (χ3v) is 4.40. The molecule has 1 heterocycles. The van der Waals surface area contributed by atoms with Crippen molar-refractivity contribution >= 4 is 11.3 Å². The number of thiazole rings is 1. The molecule has 1 aromatic carbocycles. The molecule has 0 amide bonds. The molecule has 2 nitrogen and oxygen atoms in total. The van der Waals surface area contributed by atoms with Crippen LogP contribution in [0.1, 0.15) is 39.2 Å². The van der Waals surface area contributed by atoms with E-state index in [0.717, 1.165) is 22.7 Å². The van der Waals surface area contributed by atoms with E-state index in [1.54, 1.807) is 30.4 Å². The minimum Gasteiger partial charge on any atom is -0.388 e. The number of aromatic nitrogens is 1. The normalized spacial score (nSPS) is 12.7. The molecular formula is C15H18FNOS. The Morgan fingerprint density at radius 2 is 2.05 bits per heavy atom. The summed E-state index contributed by atoms with van der Waals surface area (Å²) in [5.41, 5.74) is 2.40. The second-order valence-electron chi connectivity index (χ2n) is 4.81. The van der Waals surface area contributed by atoms with Crippen LogP contribution in [-0.4, -0.2) is 10.1 Å². The number of hydrogen-bond acceptors (Lipinski definition) is 3. The van der Waals surface area contributed by atoms with Gasteiger partial charge in [-0.1, -0.05) is 12.1 Å². The van der Waals surface area contributed by atoms with E-state index in [2.05, 4.69) is 11.9 Å². The van der Waals surface area contributed by atoms with Crippen LogP contribution in [0.4, 0.5) is 4.39 Å². The highest BCUT2D eigenvalue weighted by atomic mass is 32.1. The molecule has 0 saturated heterocycles. The van der Waals surface area contributed by atoms with Crippen molar-refractivity contribution in [2.75, 3.05) is 0 Å². The zero-order valence-electron chi connectivity index (χ0n) is 11.4. The fourth-order valence-electron chi connectivity index (χ4n) is 1.95. The standard InChI is InChI=1S/C15H18FNOS/c1-9-8-12(4-5-13(9)16)14(18)6-7-15-17-10(2)11(3)19-15/h4-5,8,14,18H,6-7H2,1-3H3. The Kier molecular flexibility index (Phi) is 4.32. The van der Waals surface area contributed by atoms with Crippen molar-refractivity contribution in [1.29, 1.82) is 0 Å². The fourth-order valence-corrected chi connectivity index (χ4v) is 2.90. The van der Waals surface area contributed by atoms with Crippen LogP contribution in [0.15, 0.2) is 18.2 Å². The molecule has 19 heavy (non-hydrogen) atoms. The summed E-state index contributed by atoms with van der Waals surface area (Å²) in [6.45, 7) is 5.75. The van der Waals surface area contributed by atoms with Crippen molar-refractivity contribution in [3.8, 4) is 0 Å². The van der Waals surface area contributed by atoms with Gasteiger partial charge in [0.2, 0.25) is 0 Å². The summed E-state index contributed by atoms with van der Waals surface area (Å²) in [5.74, 6) is -0.234. The average molecular weight is 279 g/mol. The highest BCUT2D eigenvalue weighted by Crippen LogP contribution is 2.24. The Labute approximate surface area is 116 Å². The van der Waals surface area contributed by atoms with Crippen molar-refractivity contribution in [2.45, 2.75) is 39.7 Å². The molecule has 0 aliphatic rings. The third-order valence-electron chi connectivity index (χ3n) is 3.27. The zero-order valence-corrected chi connectivity index (χ0v) is 12.2. The van der Waals surface area contributed by atoms with Crippen LogP contribution >= 0.6 is 11.3 Å². The number of rotatable bonds is 4. The molecule has 0 radical (unpaired) electrons. The van der Waals surface area contributed by atoms with Crippen molar-refractivity contribution in [1.82, 2.24) is 4.98 Å². The molecule has 4 heteroatoms. The first-order valence-electron chi connectivity index (χ1n) is 6.34. The third kappa shape index (κ3) is 3.39. The largest absolute Gasteiger partial charge is 0.388 e. The van der Waals surface area contributed by atoms with Gasteiger partial charge in [-0.05, 0) is 44.4 Å². The molecule has 0 fully saturated rings. The van der Waals surface area contributed by atoms with Gasteiger partial charge in [0.15, 0.2) is 0 Å². The van der Waals surface area contributed by atoms with E-state index in [0.29, 0.717) is 12.0 Å². The molecule has 102 valence electrons. The summed E-state index contributed by atoms with van der Waals surface area (Å²) in [4.78, 5) is 5.68. The number of benzene rings is 1. The number of halogens is 1. The maximum Gasteiger partial charge on any atom is 0.126 e. The topological polar surface area (TPSA) is 33.1 Å².